The van der Waals surface area contributed by atoms with Crippen LogP contribution in [0.15, 0.2) is 47.3 Å². The van der Waals surface area contributed by atoms with Gasteiger partial charge in [-0.15, -0.1) is 0 Å². The largest absolute Gasteiger partial charge is 0.350 e. The number of aromatic nitrogens is 2. The zero-order chi connectivity index (χ0) is 18.1. The van der Waals surface area contributed by atoms with Gasteiger partial charge in [-0.3, -0.25) is 9.59 Å². The average Bonchev–Trinajstić information content (AvgIpc) is 2.64. The third kappa shape index (κ3) is 5.85. The molecule has 1 N–H and O–H groups in total. The first-order valence-electron chi connectivity index (χ1n) is 9.04. The first-order valence-corrected chi connectivity index (χ1v) is 9.04. The van der Waals surface area contributed by atoms with Gasteiger partial charge in [0, 0.05) is 12.6 Å². The molecular formula is C20H27N3O2. The summed E-state index contributed by atoms with van der Waals surface area (Å²) in [5.41, 5.74) is 1.04. The molecule has 1 amide bonds. The van der Waals surface area contributed by atoms with Crippen LogP contribution in [0.4, 0.5) is 0 Å². The Balaban J connectivity index is 2.02. The Bertz CT molecular complexity index is 725. The van der Waals surface area contributed by atoms with Crippen LogP contribution in [0.25, 0.3) is 0 Å². The van der Waals surface area contributed by atoms with Crippen LogP contribution < -0.4 is 10.9 Å². The van der Waals surface area contributed by atoms with Crippen LogP contribution in [0.1, 0.15) is 55.6 Å². The van der Waals surface area contributed by atoms with E-state index in [1.165, 1.54) is 23.2 Å². The van der Waals surface area contributed by atoms with E-state index < -0.39 is 0 Å². The van der Waals surface area contributed by atoms with Gasteiger partial charge in [0.05, 0.1) is 6.54 Å². The van der Waals surface area contributed by atoms with E-state index >= 15 is 0 Å². The van der Waals surface area contributed by atoms with Crippen molar-refractivity contribution in [1.82, 2.24) is 15.1 Å². The lowest BCUT2D eigenvalue weighted by atomic mass is 9.99. The highest BCUT2D eigenvalue weighted by Gasteiger charge is 2.12. The van der Waals surface area contributed by atoms with Crippen molar-refractivity contribution in [3.05, 3.63) is 64.1 Å². The number of hydrogen-bond acceptors (Lipinski definition) is 3. The average molecular weight is 341 g/mol. The molecule has 2 aromatic rings. The van der Waals surface area contributed by atoms with Crippen molar-refractivity contribution < 1.29 is 4.79 Å². The molecule has 134 valence electrons. The van der Waals surface area contributed by atoms with E-state index in [-0.39, 0.29) is 17.2 Å². The van der Waals surface area contributed by atoms with Crippen LogP contribution in [0.3, 0.4) is 0 Å². The van der Waals surface area contributed by atoms with E-state index in [1.54, 1.807) is 0 Å². The smallest absolute Gasteiger partial charge is 0.271 e. The molecule has 0 fully saturated rings. The molecule has 1 heterocycles. The number of carbonyl (C=O) groups is 1. The second kappa shape index (κ2) is 9.77. The maximum absolute atomic E-state index is 12.4. The molecule has 0 aliphatic carbocycles. The van der Waals surface area contributed by atoms with E-state index in [1.807, 2.05) is 30.3 Å². The number of nitrogens with one attached hydrogen (secondary N) is 1. The van der Waals surface area contributed by atoms with Crippen molar-refractivity contribution in [3.8, 4) is 0 Å². The summed E-state index contributed by atoms with van der Waals surface area (Å²) in [4.78, 5) is 24.4. The second-order valence-corrected chi connectivity index (χ2v) is 6.33. The van der Waals surface area contributed by atoms with Crippen LogP contribution in [-0.4, -0.2) is 22.2 Å². The molecular weight excluding hydrogens is 314 g/mol. The minimum Gasteiger partial charge on any atom is -0.350 e. The summed E-state index contributed by atoms with van der Waals surface area (Å²) < 4.78 is 1.33. The van der Waals surface area contributed by atoms with Crippen LogP contribution in [0, 0.1) is 5.92 Å². The summed E-state index contributed by atoms with van der Waals surface area (Å²) in [6.07, 6.45) is 4.50. The van der Waals surface area contributed by atoms with Crippen molar-refractivity contribution in [3.63, 3.8) is 0 Å². The summed E-state index contributed by atoms with van der Waals surface area (Å²) >= 11 is 0. The fourth-order valence-electron chi connectivity index (χ4n) is 2.71. The van der Waals surface area contributed by atoms with Gasteiger partial charge < -0.3 is 5.32 Å². The molecule has 1 aromatic heterocycles. The molecule has 0 aliphatic rings. The SMILES string of the molecule is CCCCC(CC)CNC(=O)c1ccc(=O)n(Cc2ccccc2)n1. The Kier molecular flexibility index (Phi) is 7.38. The molecule has 2 rings (SSSR count). The van der Waals surface area contributed by atoms with Gasteiger partial charge in [0.15, 0.2) is 0 Å². The number of rotatable bonds is 9. The van der Waals surface area contributed by atoms with E-state index in [0.29, 0.717) is 19.0 Å². The molecule has 0 saturated carbocycles. The first kappa shape index (κ1) is 18.9. The summed E-state index contributed by atoms with van der Waals surface area (Å²) in [6, 6.07) is 12.5. The molecule has 0 bridgehead atoms. The Morgan fingerprint density at radius 1 is 1.16 bits per heavy atom. The number of carbonyl (C=O) groups excluding carboxylic acids is 1. The van der Waals surface area contributed by atoms with Crippen molar-refractivity contribution in [2.24, 2.45) is 5.92 Å². The molecule has 1 aromatic carbocycles. The van der Waals surface area contributed by atoms with E-state index in [2.05, 4.69) is 24.3 Å². The Hall–Kier alpha value is -2.43. The molecule has 0 spiro atoms. The van der Waals surface area contributed by atoms with E-state index in [9.17, 15) is 9.59 Å². The fraction of sp³-hybridized carbons (Fsp3) is 0.450. The molecule has 1 atom stereocenters. The Morgan fingerprint density at radius 3 is 2.60 bits per heavy atom. The molecule has 5 nitrogen and oxygen atoms in total. The monoisotopic (exact) mass is 341 g/mol. The van der Waals surface area contributed by atoms with Crippen LogP contribution in [0.2, 0.25) is 0 Å². The third-order valence-corrected chi connectivity index (χ3v) is 4.37. The molecule has 0 saturated heterocycles. The first-order chi connectivity index (χ1) is 12.1. The highest BCUT2D eigenvalue weighted by molar-refractivity contribution is 5.91. The van der Waals surface area contributed by atoms with Gasteiger partial charge in [0.1, 0.15) is 5.69 Å². The van der Waals surface area contributed by atoms with Crippen molar-refractivity contribution in [2.45, 2.75) is 46.1 Å². The van der Waals surface area contributed by atoms with Crippen LogP contribution in [-0.2, 0) is 6.54 Å². The maximum atomic E-state index is 12.4. The zero-order valence-electron chi connectivity index (χ0n) is 15.1. The molecule has 0 radical (unpaired) electrons. The van der Waals surface area contributed by atoms with Crippen molar-refractivity contribution in [1.29, 1.82) is 0 Å². The second-order valence-electron chi connectivity index (χ2n) is 6.33. The summed E-state index contributed by atoms with van der Waals surface area (Å²) in [5.74, 6) is 0.260. The summed E-state index contributed by atoms with van der Waals surface area (Å²) in [5, 5.41) is 7.18. The van der Waals surface area contributed by atoms with Gasteiger partial charge in [0.25, 0.3) is 11.5 Å². The van der Waals surface area contributed by atoms with Gasteiger partial charge in [-0.25, -0.2) is 4.68 Å². The lowest BCUT2D eigenvalue weighted by molar-refractivity contribution is 0.0938. The Labute approximate surface area is 149 Å². The summed E-state index contributed by atoms with van der Waals surface area (Å²) in [7, 11) is 0. The molecule has 25 heavy (non-hydrogen) atoms. The van der Waals surface area contributed by atoms with Gasteiger partial charge in [-0.1, -0.05) is 63.4 Å². The minimum atomic E-state index is -0.225. The third-order valence-electron chi connectivity index (χ3n) is 4.37. The maximum Gasteiger partial charge on any atom is 0.271 e. The highest BCUT2D eigenvalue weighted by atomic mass is 16.2. The number of benzene rings is 1. The highest BCUT2D eigenvalue weighted by Crippen LogP contribution is 2.11. The number of hydrogen-bond donors (Lipinski definition) is 1. The van der Waals surface area contributed by atoms with E-state index in [4.69, 9.17) is 0 Å². The van der Waals surface area contributed by atoms with Gasteiger partial charge in [-0.2, -0.15) is 5.10 Å². The number of amides is 1. The van der Waals surface area contributed by atoms with Crippen molar-refractivity contribution in [2.75, 3.05) is 6.54 Å². The Morgan fingerprint density at radius 2 is 1.92 bits per heavy atom. The summed E-state index contributed by atoms with van der Waals surface area (Å²) in [6.45, 7) is 5.32. The molecule has 1 unspecified atom stereocenters. The van der Waals surface area contributed by atoms with Gasteiger partial charge in [0.2, 0.25) is 0 Å². The van der Waals surface area contributed by atoms with Crippen LogP contribution >= 0.6 is 0 Å². The number of unbranched alkanes of at least 4 members (excludes halogenated alkanes) is 1. The normalized spacial score (nSPS) is 11.9. The number of nitrogens with zero attached hydrogens (tertiary/aromatic N) is 2. The quantitative estimate of drug-likeness (QED) is 0.761. The fourth-order valence-corrected chi connectivity index (χ4v) is 2.71. The molecule has 5 heteroatoms. The topological polar surface area (TPSA) is 64.0 Å². The standard InChI is InChI=1S/C20H27N3O2/c1-3-5-9-16(4-2)14-21-20(25)18-12-13-19(24)23(22-18)15-17-10-7-6-8-11-17/h6-8,10-13,16H,3-5,9,14-15H2,1-2H3,(H,21,25). The van der Waals surface area contributed by atoms with Crippen molar-refractivity contribution >= 4 is 5.91 Å². The lowest BCUT2D eigenvalue weighted by Crippen LogP contribution is -2.32. The predicted octanol–water partition coefficient (Wildman–Crippen LogP) is 3.24. The lowest BCUT2D eigenvalue weighted by Gasteiger charge is -2.15. The van der Waals surface area contributed by atoms with E-state index in [0.717, 1.165) is 24.8 Å². The van der Waals surface area contributed by atoms with Gasteiger partial charge >= 0.3 is 0 Å². The van der Waals surface area contributed by atoms with Crippen LogP contribution in [0.5, 0.6) is 0 Å². The predicted molar refractivity (Wildman–Crippen MR) is 99.7 cm³/mol. The minimum absolute atomic E-state index is 0.213. The van der Waals surface area contributed by atoms with Gasteiger partial charge in [-0.05, 0) is 24.0 Å². The molecule has 0 aliphatic heterocycles. The zero-order valence-corrected chi connectivity index (χ0v) is 15.1.